The number of carbonyl (C=O) groups excluding carboxylic acids is 1. The quantitative estimate of drug-likeness (QED) is 0.403. The van der Waals surface area contributed by atoms with Crippen LogP contribution < -0.4 is 5.01 Å². The van der Waals surface area contributed by atoms with Crippen LogP contribution in [0.5, 0.6) is 0 Å². The number of amides is 1. The molecular weight excluding hydrogens is 390 g/mol. The number of furan rings is 1. The minimum absolute atomic E-state index is 0.0290. The lowest BCUT2D eigenvalue weighted by molar-refractivity contribution is -0.384. The van der Waals surface area contributed by atoms with Gasteiger partial charge in [0, 0.05) is 11.6 Å². The van der Waals surface area contributed by atoms with Gasteiger partial charge in [0.15, 0.2) is 0 Å². The Morgan fingerprint density at radius 2 is 2.14 bits per heavy atom. The number of nitro benzene ring substituents is 1. The molecule has 0 radical (unpaired) electrons. The molecule has 11 nitrogen and oxygen atoms in total. The molecule has 0 aliphatic carbocycles. The summed E-state index contributed by atoms with van der Waals surface area (Å²) in [5.41, 5.74) is 1.01. The van der Waals surface area contributed by atoms with Crippen molar-refractivity contribution >= 4 is 40.9 Å². The number of nitro groups is 1. The van der Waals surface area contributed by atoms with Gasteiger partial charge in [0.1, 0.15) is 16.5 Å². The van der Waals surface area contributed by atoms with E-state index >= 15 is 0 Å². The highest BCUT2D eigenvalue weighted by Gasteiger charge is 2.31. The molecule has 1 aliphatic heterocycles. The molecule has 0 unspecified atom stereocenters. The average Bonchev–Trinajstić information content (AvgIpc) is 3.39. The standard InChI is InChI=1S/C16H10ClN7O4/c1-8-11(15(25)23(20-8)16-18-21-22-19-16)7-10-3-5-14(28-10)9-2-4-12(17)13(6-9)24(26)27/h2-7H,1H3,(H,18,19,21,22). The lowest BCUT2D eigenvalue weighted by atomic mass is 10.1. The lowest BCUT2D eigenvalue weighted by Crippen LogP contribution is -2.22. The number of benzene rings is 1. The molecule has 0 spiro atoms. The Kier molecular flexibility index (Phi) is 4.20. The van der Waals surface area contributed by atoms with Crippen molar-refractivity contribution in [1.82, 2.24) is 20.6 Å². The van der Waals surface area contributed by atoms with Gasteiger partial charge >= 0.3 is 0 Å². The first-order valence-corrected chi connectivity index (χ1v) is 8.21. The normalized spacial score (nSPS) is 15.4. The van der Waals surface area contributed by atoms with Gasteiger partial charge in [-0.25, -0.2) is 0 Å². The zero-order valence-electron chi connectivity index (χ0n) is 14.2. The fourth-order valence-corrected chi connectivity index (χ4v) is 2.79. The second-order valence-corrected chi connectivity index (χ2v) is 6.10. The van der Waals surface area contributed by atoms with Crippen molar-refractivity contribution in [1.29, 1.82) is 0 Å². The van der Waals surface area contributed by atoms with Crippen LogP contribution in [0.3, 0.4) is 0 Å². The van der Waals surface area contributed by atoms with Gasteiger partial charge in [-0.1, -0.05) is 16.7 Å². The van der Waals surface area contributed by atoms with Crippen molar-refractivity contribution in [3.63, 3.8) is 0 Å². The Morgan fingerprint density at radius 1 is 1.32 bits per heavy atom. The van der Waals surface area contributed by atoms with Gasteiger partial charge in [-0.05, 0) is 42.5 Å². The molecule has 0 atom stereocenters. The van der Waals surface area contributed by atoms with E-state index < -0.39 is 10.8 Å². The third-order valence-corrected chi connectivity index (χ3v) is 4.25. The SMILES string of the molecule is CC1=NN(c2nn[nH]n2)C(=O)C1=Cc1ccc(-c2ccc(Cl)c([N+](=O)[O-])c2)o1. The first kappa shape index (κ1) is 17.5. The summed E-state index contributed by atoms with van der Waals surface area (Å²) < 4.78 is 5.71. The number of hydrogen-bond acceptors (Lipinski definition) is 8. The van der Waals surface area contributed by atoms with Crippen molar-refractivity contribution in [3.8, 4) is 11.3 Å². The van der Waals surface area contributed by atoms with E-state index in [1.807, 2.05) is 0 Å². The van der Waals surface area contributed by atoms with E-state index in [2.05, 4.69) is 25.7 Å². The van der Waals surface area contributed by atoms with Crippen LogP contribution in [0, 0.1) is 10.1 Å². The van der Waals surface area contributed by atoms with Crippen LogP contribution in [0.2, 0.25) is 5.02 Å². The lowest BCUT2D eigenvalue weighted by Gasteiger charge is -2.04. The van der Waals surface area contributed by atoms with Crippen molar-refractivity contribution in [2.75, 3.05) is 5.01 Å². The predicted octanol–water partition coefficient (Wildman–Crippen LogP) is 2.83. The van der Waals surface area contributed by atoms with Crippen molar-refractivity contribution in [3.05, 3.63) is 56.8 Å². The summed E-state index contributed by atoms with van der Waals surface area (Å²) in [5.74, 6) is 0.363. The minimum atomic E-state index is -0.568. The second-order valence-electron chi connectivity index (χ2n) is 5.70. The van der Waals surface area contributed by atoms with E-state index in [0.29, 0.717) is 28.4 Å². The molecular formula is C16H10ClN7O4. The smallest absolute Gasteiger partial charge is 0.293 e. The van der Waals surface area contributed by atoms with Crippen LogP contribution in [0.15, 0.2) is 45.4 Å². The number of tetrazole rings is 1. The Morgan fingerprint density at radius 3 is 2.86 bits per heavy atom. The molecule has 3 heterocycles. The summed E-state index contributed by atoms with van der Waals surface area (Å²) >= 11 is 5.83. The molecule has 1 aliphatic rings. The number of hydrogen-bond donors (Lipinski definition) is 1. The average molecular weight is 400 g/mol. The molecule has 1 amide bonds. The van der Waals surface area contributed by atoms with Crippen LogP contribution >= 0.6 is 11.6 Å². The van der Waals surface area contributed by atoms with E-state index in [4.69, 9.17) is 16.0 Å². The van der Waals surface area contributed by atoms with Gasteiger partial charge in [-0.15, -0.1) is 5.10 Å². The molecule has 1 aromatic carbocycles. The van der Waals surface area contributed by atoms with Crippen molar-refractivity contribution in [2.45, 2.75) is 6.92 Å². The van der Waals surface area contributed by atoms with Crippen LogP contribution in [-0.2, 0) is 4.79 Å². The number of nitrogens with zero attached hydrogens (tertiary/aromatic N) is 6. The van der Waals surface area contributed by atoms with Crippen molar-refractivity contribution < 1.29 is 14.1 Å². The van der Waals surface area contributed by atoms with Gasteiger partial charge < -0.3 is 4.42 Å². The fraction of sp³-hybridized carbons (Fsp3) is 0.0625. The summed E-state index contributed by atoms with van der Waals surface area (Å²) in [6.07, 6.45) is 1.52. The number of H-pyrrole nitrogens is 1. The molecule has 0 saturated carbocycles. The molecule has 3 aromatic rings. The Hall–Kier alpha value is -3.86. The maximum Gasteiger partial charge on any atom is 0.293 e. The summed E-state index contributed by atoms with van der Waals surface area (Å²) in [5, 5.41) is 29.3. The Balaban J connectivity index is 1.64. The predicted molar refractivity (Wildman–Crippen MR) is 98.6 cm³/mol. The van der Waals surface area contributed by atoms with Crippen molar-refractivity contribution in [2.24, 2.45) is 5.10 Å². The number of aromatic nitrogens is 4. The second kappa shape index (κ2) is 6.70. The minimum Gasteiger partial charge on any atom is -0.457 e. The summed E-state index contributed by atoms with van der Waals surface area (Å²) in [7, 11) is 0. The zero-order chi connectivity index (χ0) is 19.8. The Bertz CT molecular complexity index is 1150. The molecule has 0 fully saturated rings. The molecule has 2 aromatic heterocycles. The van der Waals surface area contributed by atoms with Gasteiger partial charge in [-0.2, -0.15) is 15.3 Å². The van der Waals surface area contributed by atoms with Crippen LogP contribution in [0.4, 0.5) is 11.6 Å². The van der Waals surface area contributed by atoms with E-state index in [0.717, 1.165) is 5.01 Å². The number of carbonyl (C=O) groups is 1. The number of anilines is 1. The van der Waals surface area contributed by atoms with Crippen LogP contribution in [-0.4, -0.2) is 37.2 Å². The van der Waals surface area contributed by atoms with E-state index in [1.165, 1.54) is 18.2 Å². The van der Waals surface area contributed by atoms with Gasteiger partial charge in [0.2, 0.25) is 0 Å². The molecule has 1 N–H and O–H groups in total. The highest BCUT2D eigenvalue weighted by atomic mass is 35.5. The van der Waals surface area contributed by atoms with Gasteiger partial charge in [0.25, 0.3) is 17.5 Å². The summed E-state index contributed by atoms with van der Waals surface area (Å²) in [6, 6.07) is 7.64. The fourth-order valence-electron chi connectivity index (χ4n) is 2.60. The van der Waals surface area contributed by atoms with Gasteiger partial charge in [0.05, 0.1) is 16.2 Å². The zero-order valence-corrected chi connectivity index (χ0v) is 14.9. The number of aromatic amines is 1. The molecule has 0 bridgehead atoms. The van der Waals surface area contributed by atoms with E-state index in [-0.39, 0.29) is 16.7 Å². The number of halogens is 1. The van der Waals surface area contributed by atoms with E-state index in [9.17, 15) is 14.9 Å². The monoisotopic (exact) mass is 399 g/mol. The summed E-state index contributed by atoms with van der Waals surface area (Å²) in [4.78, 5) is 23.0. The van der Waals surface area contributed by atoms with Crippen LogP contribution in [0.25, 0.3) is 17.4 Å². The third kappa shape index (κ3) is 3.03. The summed E-state index contributed by atoms with van der Waals surface area (Å²) in [6.45, 7) is 1.66. The molecule has 140 valence electrons. The molecule has 12 heteroatoms. The first-order chi connectivity index (χ1) is 13.4. The number of hydrazone groups is 1. The number of nitrogens with one attached hydrogen (secondary N) is 1. The molecule has 28 heavy (non-hydrogen) atoms. The Labute approximate surface area is 161 Å². The maximum absolute atomic E-state index is 12.5. The number of rotatable bonds is 4. The maximum atomic E-state index is 12.5. The first-order valence-electron chi connectivity index (χ1n) is 7.83. The third-order valence-electron chi connectivity index (χ3n) is 3.93. The molecule has 4 rings (SSSR count). The highest BCUT2D eigenvalue weighted by molar-refractivity contribution is 6.33. The molecule has 0 saturated heterocycles. The van der Waals surface area contributed by atoms with E-state index in [1.54, 1.807) is 25.1 Å². The largest absolute Gasteiger partial charge is 0.457 e. The van der Waals surface area contributed by atoms with Crippen LogP contribution in [0.1, 0.15) is 12.7 Å². The topological polar surface area (TPSA) is 143 Å². The highest BCUT2D eigenvalue weighted by Crippen LogP contribution is 2.32. The van der Waals surface area contributed by atoms with Gasteiger partial charge in [-0.3, -0.25) is 14.9 Å².